The van der Waals surface area contributed by atoms with Crippen LogP contribution in [0.3, 0.4) is 0 Å². The lowest BCUT2D eigenvalue weighted by Gasteiger charge is -2.44. The Kier molecular flexibility index (Phi) is 7.78. The molecule has 1 fully saturated rings. The minimum atomic E-state index is -0.125. The number of amides is 1. The van der Waals surface area contributed by atoms with Crippen LogP contribution in [0.5, 0.6) is 0 Å². The molecule has 4 N–H and O–H groups in total. The van der Waals surface area contributed by atoms with E-state index in [2.05, 4.69) is 56.9 Å². The van der Waals surface area contributed by atoms with Gasteiger partial charge in [-0.05, 0) is 48.6 Å². The topological polar surface area (TPSA) is 73.6 Å². The van der Waals surface area contributed by atoms with Crippen LogP contribution >= 0.6 is 0 Å². The summed E-state index contributed by atoms with van der Waals surface area (Å²) >= 11 is 0. The van der Waals surface area contributed by atoms with Crippen molar-refractivity contribution in [2.75, 3.05) is 45.8 Å². The largest absolute Gasteiger partial charge is 0.346 e. The summed E-state index contributed by atoms with van der Waals surface area (Å²) in [5.74, 6) is 0.161. The maximum absolute atomic E-state index is 13.5. The molecule has 6 heteroatoms. The van der Waals surface area contributed by atoms with Crippen molar-refractivity contribution in [3.05, 3.63) is 58.8 Å². The fourth-order valence-electron chi connectivity index (χ4n) is 4.86. The first-order valence-electron chi connectivity index (χ1n) is 11.9. The van der Waals surface area contributed by atoms with E-state index in [9.17, 15) is 4.79 Å². The van der Waals surface area contributed by atoms with E-state index < -0.39 is 0 Å². The maximum Gasteiger partial charge on any atom is 0.238 e. The average Bonchev–Trinajstić information content (AvgIpc) is 2.80. The molecular formula is C25H37N5O. The van der Waals surface area contributed by atoms with E-state index in [1.165, 1.54) is 30.4 Å². The molecule has 7 rings (SSSR count). The standard InChI is InChI=1S/C25H37N5O/c26-18-23-17-21-10-15-29(23)25(22-8-6-20(16-21)7-9-22)30-14-5-3-1-2-4-11-27-12-13-28-19-24(30)31/h6-10,17,25,27-28H,1-5,11-16,18-19,26H2. The zero-order valence-corrected chi connectivity index (χ0v) is 18.6. The molecule has 6 aliphatic heterocycles. The van der Waals surface area contributed by atoms with Gasteiger partial charge in [0, 0.05) is 38.4 Å². The molecule has 6 nitrogen and oxygen atoms in total. The van der Waals surface area contributed by atoms with E-state index >= 15 is 0 Å². The first-order valence-corrected chi connectivity index (χ1v) is 11.9. The lowest BCUT2D eigenvalue weighted by molar-refractivity contribution is -0.136. The average molecular weight is 424 g/mol. The van der Waals surface area contributed by atoms with Crippen LogP contribution in [0.4, 0.5) is 0 Å². The number of nitrogens with zero attached hydrogens (tertiary/aromatic N) is 2. The third-order valence-corrected chi connectivity index (χ3v) is 6.58. The first kappa shape index (κ1) is 22.1. The summed E-state index contributed by atoms with van der Waals surface area (Å²) in [5.41, 5.74) is 11.1. The molecule has 1 atom stereocenters. The quantitative estimate of drug-likeness (QED) is 0.681. The Labute approximate surface area is 186 Å². The molecule has 168 valence electrons. The molecule has 1 aromatic carbocycles. The van der Waals surface area contributed by atoms with Crippen LogP contribution in [0.25, 0.3) is 0 Å². The number of rotatable bonds is 2. The molecule has 1 amide bonds. The molecule has 6 aliphatic rings. The predicted molar refractivity (Wildman–Crippen MR) is 125 cm³/mol. The van der Waals surface area contributed by atoms with E-state index in [1.807, 2.05) is 0 Å². The Morgan fingerprint density at radius 3 is 2.55 bits per heavy atom. The van der Waals surface area contributed by atoms with Gasteiger partial charge in [-0.25, -0.2) is 0 Å². The molecular weight excluding hydrogens is 386 g/mol. The van der Waals surface area contributed by atoms with Crippen molar-refractivity contribution in [1.29, 1.82) is 0 Å². The predicted octanol–water partition coefficient (Wildman–Crippen LogP) is 2.30. The number of carbonyl (C=O) groups is 1. The van der Waals surface area contributed by atoms with Crippen molar-refractivity contribution in [2.24, 2.45) is 5.73 Å². The van der Waals surface area contributed by atoms with Gasteiger partial charge < -0.3 is 26.2 Å². The van der Waals surface area contributed by atoms with Gasteiger partial charge >= 0.3 is 0 Å². The van der Waals surface area contributed by atoms with Crippen LogP contribution in [-0.4, -0.2) is 61.5 Å². The highest BCUT2D eigenvalue weighted by Crippen LogP contribution is 2.34. The van der Waals surface area contributed by atoms with Crippen molar-refractivity contribution in [3.8, 4) is 0 Å². The molecule has 1 aromatic rings. The second kappa shape index (κ2) is 10.9. The summed E-state index contributed by atoms with van der Waals surface area (Å²) in [7, 11) is 0. The van der Waals surface area contributed by atoms with Gasteiger partial charge in [0.25, 0.3) is 0 Å². The van der Waals surface area contributed by atoms with Crippen LogP contribution in [0.1, 0.15) is 49.4 Å². The molecule has 0 radical (unpaired) electrons. The molecule has 0 saturated carbocycles. The van der Waals surface area contributed by atoms with Gasteiger partial charge in [0.2, 0.25) is 5.91 Å². The van der Waals surface area contributed by atoms with Gasteiger partial charge in [-0.3, -0.25) is 4.79 Å². The number of nitrogens with two attached hydrogens (primary N) is 1. The summed E-state index contributed by atoms with van der Waals surface area (Å²) in [4.78, 5) is 17.9. The highest BCUT2D eigenvalue weighted by atomic mass is 16.2. The van der Waals surface area contributed by atoms with Gasteiger partial charge in [-0.1, -0.05) is 49.6 Å². The van der Waals surface area contributed by atoms with Crippen LogP contribution in [0.2, 0.25) is 0 Å². The lowest BCUT2D eigenvalue weighted by Crippen LogP contribution is -2.49. The zero-order valence-electron chi connectivity index (χ0n) is 18.6. The Balaban J connectivity index is 1.63. The molecule has 0 aliphatic carbocycles. The molecule has 1 unspecified atom stereocenters. The molecule has 31 heavy (non-hydrogen) atoms. The minimum absolute atomic E-state index is 0.125. The van der Waals surface area contributed by atoms with Crippen LogP contribution in [0.15, 0.2) is 47.7 Å². The van der Waals surface area contributed by atoms with E-state index in [1.54, 1.807) is 0 Å². The van der Waals surface area contributed by atoms with E-state index in [0.29, 0.717) is 13.1 Å². The number of benzene rings is 1. The third-order valence-electron chi connectivity index (χ3n) is 6.58. The summed E-state index contributed by atoms with van der Waals surface area (Å²) in [5, 5.41) is 6.81. The maximum atomic E-state index is 13.5. The van der Waals surface area contributed by atoms with Crippen molar-refractivity contribution in [3.63, 3.8) is 0 Å². The van der Waals surface area contributed by atoms with E-state index in [-0.39, 0.29) is 12.1 Å². The van der Waals surface area contributed by atoms with Crippen LogP contribution < -0.4 is 16.4 Å². The number of hydrogen-bond acceptors (Lipinski definition) is 5. The fourth-order valence-corrected chi connectivity index (χ4v) is 4.86. The summed E-state index contributed by atoms with van der Waals surface area (Å²) < 4.78 is 0. The van der Waals surface area contributed by atoms with Crippen LogP contribution in [0, 0.1) is 0 Å². The lowest BCUT2D eigenvalue weighted by atomic mass is 9.95. The molecule has 0 aromatic heterocycles. The highest BCUT2D eigenvalue weighted by molar-refractivity contribution is 5.78. The number of nitrogens with one attached hydrogen (secondary N) is 2. The number of carbonyl (C=O) groups excluding carboxylic acids is 1. The van der Waals surface area contributed by atoms with Gasteiger partial charge in [0.15, 0.2) is 0 Å². The van der Waals surface area contributed by atoms with Crippen molar-refractivity contribution < 1.29 is 4.79 Å². The fraction of sp³-hybridized carbons (Fsp3) is 0.560. The van der Waals surface area contributed by atoms with Crippen molar-refractivity contribution in [2.45, 2.75) is 44.7 Å². The Morgan fingerprint density at radius 2 is 1.71 bits per heavy atom. The van der Waals surface area contributed by atoms with Crippen molar-refractivity contribution >= 4 is 5.91 Å². The molecule has 4 bridgehead atoms. The van der Waals surface area contributed by atoms with Gasteiger partial charge in [0.05, 0.1) is 6.54 Å². The Hall–Kier alpha value is -2.15. The van der Waals surface area contributed by atoms with Gasteiger partial charge in [0.1, 0.15) is 6.17 Å². The second-order valence-corrected chi connectivity index (χ2v) is 8.84. The summed E-state index contributed by atoms with van der Waals surface area (Å²) in [6.45, 7) is 5.19. The SMILES string of the molecule is NCC1=CC2=CCN1C(N1CCCCCCCNCCNCC1=O)c1ccc(cc1)C2. The van der Waals surface area contributed by atoms with E-state index in [4.69, 9.17) is 5.73 Å². The Bertz CT molecular complexity index is 801. The summed E-state index contributed by atoms with van der Waals surface area (Å²) in [6, 6.07) is 8.82. The minimum Gasteiger partial charge on any atom is -0.346 e. The monoisotopic (exact) mass is 423 g/mol. The number of hydrogen-bond donors (Lipinski definition) is 3. The third kappa shape index (κ3) is 5.56. The van der Waals surface area contributed by atoms with Crippen LogP contribution in [-0.2, 0) is 11.2 Å². The smallest absolute Gasteiger partial charge is 0.238 e. The zero-order chi connectivity index (χ0) is 21.5. The van der Waals surface area contributed by atoms with Crippen molar-refractivity contribution in [1.82, 2.24) is 20.4 Å². The summed E-state index contributed by atoms with van der Waals surface area (Å²) in [6.07, 6.45) is 11.2. The highest BCUT2D eigenvalue weighted by Gasteiger charge is 2.32. The number of allylic oxidation sites excluding steroid dienone is 2. The normalized spacial score (nSPS) is 23.9. The van der Waals surface area contributed by atoms with E-state index in [0.717, 1.165) is 63.2 Å². The molecule has 0 spiro atoms. The van der Waals surface area contributed by atoms with Gasteiger partial charge in [-0.2, -0.15) is 0 Å². The Morgan fingerprint density at radius 1 is 0.935 bits per heavy atom. The van der Waals surface area contributed by atoms with Gasteiger partial charge in [-0.15, -0.1) is 0 Å². The first-order chi connectivity index (χ1) is 15.3. The molecule has 6 heterocycles. The molecule has 1 saturated heterocycles. The second-order valence-electron chi connectivity index (χ2n) is 8.84.